The van der Waals surface area contributed by atoms with Crippen molar-refractivity contribution < 1.29 is 18.3 Å². The van der Waals surface area contributed by atoms with E-state index in [2.05, 4.69) is 0 Å². The van der Waals surface area contributed by atoms with Gasteiger partial charge in [-0.05, 0) is 62.3 Å². The van der Waals surface area contributed by atoms with E-state index in [1.54, 1.807) is 12.1 Å². The monoisotopic (exact) mass is 323 g/mol. The number of nitrogens with zero attached hydrogens (tertiary/aromatic N) is 1. The first-order chi connectivity index (χ1) is 10.4. The molecule has 0 aromatic heterocycles. The summed E-state index contributed by atoms with van der Waals surface area (Å²) in [7, 11) is -3.63. The lowest BCUT2D eigenvalue weighted by Crippen LogP contribution is -2.47. The molecule has 2 atom stereocenters. The summed E-state index contributed by atoms with van der Waals surface area (Å²) in [5.41, 5.74) is 2.34. The zero-order valence-corrected chi connectivity index (χ0v) is 13.5. The Bertz CT molecular complexity index is 698. The van der Waals surface area contributed by atoms with Crippen molar-refractivity contribution in [1.82, 2.24) is 4.31 Å². The highest BCUT2D eigenvalue weighted by atomic mass is 32.2. The van der Waals surface area contributed by atoms with Crippen LogP contribution < -0.4 is 0 Å². The number of aryl methyl sites for hydroxylation is 2. The first kappa shape index (κ1) is 15.5. The number of sulfonamides is 1. The Morgan fingerprint density at radius 2 is 1.95 bits per heavy atom. The number of rotatable bonds is 3. The average molecular weight is 323 g/mol. The second kappa shape index (κ2) is 5.66. The van der Waals surface area contributed by atoms with Gasteiger partial charge in [0.15, 0.2) is 0 Å². The van der Waals surface area contributed by atoms with Crippen molar-refractivity contribution in [3.8, 4) is 0 Å². The van der Waals surface area contributed by atoms with E-state index in [9.17, 15) is 18.3 Å². The van der Waals surface area contributed by atoms with Crippen LogP contribution >= 0.6 is 0 Å². The lowest BCUT2D eigenvalue weighted by molar-refractivity contribution is -0.143. The highest BCUT2D eigenvalue weighted by Gasteiger charge is 2.37. The van der Waals surface area contributed by atoms with Gasteiger partial charge in [0, 0.05) is 12.6 Å². The third-order valence-corrected chi connectivity index (χ3v) is 6.83. The molecule has 1 N–H and O–H groups in total. The lowest BCUT2D eigenvalue weighted by atomic mass is 9.96. The zero-order valence-electron chi connectivity index (χ0n) is 12.7. The van der Waals surface area contributed by atoms with Crippen LogP contribution in [0.3, 0.4) is 0 Å². The minimum atomic E-state index is -3.63. The van der Waals surface area contributed by atoms with Gasteiger partial charge in [0.05, 0.1) is 10.8 Å². The van der Waals surface area contributed by atoms with Crippen LogP contribution in [0.2, 0.25) is 0 Å². The number of fused-ring (bicyclic) bond motifs is 1. The lowest BCUT2D eigenvalue weighted by Gasteiger charge is -2.35. The minimum absolute atomic E-state index is 0.0654. The smallest absolute Gasteiger partial charge is 0.307 e. The Balaban J connectivity index is 1.92. The van der Waals surface area contributed by atoms with Gasteiger partial charge in [0.1, 0.15) is 0 Å². The van der Waals surface area contributed by atoms with E-state index in [1.165, 1.54) is 9.87 Å². The van der Waals surface area contributed by atoms with E-state index >= 15 is 0 Å². The minimum Gasteiger partial charge on any atom is -0.481 e. The summed E-state index contributed by atoms with van der Waals surface area (Å²) >= 11 is 0. The molecule has 1 fully saturated rings. The van der Waals surface area contributed by atoms with Crippen LogP contribution in [0.1, 0.15) is 37.3 Å². The molecule has 0 bridgehead atoms. The van der Waals surface area contributed by atoms with E-state index < -0.39 is 21.9 Å². The van der Waals surface area contributed by atoms with E-state index in [0.717, 1.165) is 24.8 Å². The van der Waals surface area contributed by atoms with E-state index in [1.807, 2.05) is 13.0 Å². The van der Waals surface area contributed by atoms with E-state index in [-0.39, 0.29) is 12.6 Å². The van der Waals surface area contributed by atoms with Crippen LogP contribution in [-0.4, -0.2) is 36.4 Å². The van der Waals surface area contributed by atoms with Crippen molar-refractivity contribution in [1.29, 1.82) is 0 Å². The van der Waals surface area contributed by atoms with Crippen molar-refractivity contribution in [3.63, 3.8) is 0 Å². The summed E-state index contributed by atoms with van der Waals surface area (Å²) in [6.07, 6.45) is 4.12. The van der Waals surface area contributed by atoms with Gasteiger partial charge in [-0.25, -0.2) is 8.42 Å². The van der Waals surface area contributed by atoms with Gasteiger partial charge < -0.3 is 5.11 Å². The summed E-state index contributed by atoms with van der Waals surface area (Å²) in [4.78, 5) is 11.5. The Labute approximate surface area is 131 Å². The number of hydrogen-bond donors (Lipinski definition) is 1. The number of piperidine rings is 1. The molecule has 5 nitrogen and oxygen atoms in total. The number of hydrogen-bond acceptors (Lipinski definition) is 3. The van der Waals surface area contributed by atoms with Crippen molar-refractivity contribution in [2.24, 2.45) is 5.92 Å². The van der Waals surface area contributed by atoms with Crippen molar-refractivity contribution in [3.05, 3.63) is 29.3 Å². The molecule has 1 aromatic carbocycles. The summed E-state index contributed by atoms with van der Waals surface area (Å²) in [5.74, 6) is -1.53. The maximum absolute atomic E-state index is 12.9. The van der Waals surface area contributed by atoms with E-state index in [4.69, 9.17) is 0 Å². The fourth-order valence-electron chi connectivity index (χ4n) is 3.46. The fourth-order valence-corrected chi connectivity index (χ4v) is 5.21. The summed E-state index contributed by atoms with van der Waals surface area (Å²) in [6, 6.07) is 5.18. The molecule has 0 radical (unpaired) electrons. The first-order valence-electron chi connectivity index (χ1n) is 7.76. The molecular weight excluding hydrogens is 302 g/mol. The van der Waals surface area contributed by atoms with Crippen molar-refractivity contribution in [2.45, 2.75) is 50.0 Å². The molecule has 0 amide bonds. The number of carboxylic acid groups (broad SMARTS) is 1. The van der Waals surface area contributed by atoms with Crippen LogP contribution in [0.4, 0.5) is 0 Å². The first-order valence-corrected chi connectivity index (χ1v) is 9.20. The van der Waals surface area contributed by atoms with Gasteiger partial charge in [-0.2, -0.15) is 4.31 Å². The zero-order chi connectivity index (χ0) is 15.9. The number of carboxylic acids is 1. The molecule has 1 aliphatic heterocycles. The van der Waals surface area contributed by atoms with Crippen LogP contribution in [0.15, 0.2) is 23.1 Å². The fraction of sp³-hybridized carbons (Fsp3) is 0.562. The molecule has 2 aliphatic rings. The Morgan fingerprint density at radius 1 is 1.23 bits per heavy atom. The SMILES string of the molecule is CC1CCC(C(=O)O)CN1S(=O)(=O)c1ccc2c(c1)CCC2. The van der Waals surface area contributed by atoms with Crippen LogP contribution in [0, 0.1) is 5.92 Å². The molecule has 0 saturated carbocycles. The van der Waals surface area contributed by atoms with Crippen LogP contribution in [-0.2, 0) is 27.7 Å². The molecule has 1 heterocycles. The van der Waals surface area contributed by atoms with Gasteiger partial charge in [-0.1, -0.05) is 6.07 Å². The van der Waals surface area contributed by atoms with Gasteiger partial charge in [-0.3, -0.25) is 4.79 Å². The summed E-state index contributed by atoms with van der Waals surface area (Å²) < 4.78 is 27.2. The van der Waals surface area contributed by atoms with Crippen LogP contribution in [0.25, 0.3) is 0 Å². The number of aliphatic carboxylic acids is 1. The second-order valence-electron chi connectivity index (χ2n) is 6.32. The van der Waals surface area contributed by atoms with Crippen molar-refractivity contribution in [2.75, 3.05) is 6.54 Å². The summed E-state index contributed by atoms with van der Waals surface area (Å²) in [6.45, 7) is 1.92. The molecule has 1 saturated heterocycles. The molecular formula is C16H21NO4S. The molecule has 6 heteroatoms. The second-order valence-corrected chi connectivity index (χ2v) is 8.21. The number of benzene rings is 1. The molecule has 120 valence electrons. The van der Waals surface area contributed by atoms with Gasteiger partial charge >= 0.3 is 5.97 Å². The van der Waals surface area contributed by atoms with Gasteiger partial charge in [-0.15, -0.1) is 0 Å². The quantitative estimate of drug-likeness (QED) is 0.924. The Morgan fingerprint density at radius 3 is 2.68 bits per heavy atom. The predicted molar refractivity (Wildman–Crippen MR) is 82.2 cm³/mol. The molecule has 1 aliphatic carbocycles. The van der Waals surface area contributed by atoms with Gasteiger partial charge in [0.2, 0.25) is 10.0 Å². The maximum Gasteiger partial charge on any atom is 0.307 e. The maximum atomic E-state index is 12.9. The van der Waals surface area contributed by atoms with E-state index in [0.29, 0.717) is 17.7 Å². The normalized spacial score (nSPS) is 25.9. The average Bonchev–Trinajstić information content (AvgIpc) is 2.94. The Hall–Kier alpha value is -1.40. The number of carbonyl (C=O) groups is 1. The molecule has 22 heavy (non-hydrogen) atoms. The Kier molecular flexibility index (Phi) is 3.99. The molecule has 2 unspecified atom stereocenters. The molecule has 1 aromatic rings. The largest absolute Gasteiger partial charge is 0.481 e. The third kappa shape index (κ3) is 2.65. The highest BCUT2D eigenvalue weighted by Crippen LogP contribution is 2.31. The van der Waals surface area contributed by atoms with Crippen LogP contribution in [0.5, 0.6) is 0 Å². The summed E-state index contributed by atoms with van der Waals surface area (Å²) in [5, 5.41) is 9.18. The predicted octanol–water partition coefficient (Wildman–Crippen LogP) is 2.05. The highest BCUT2D eigenvalue weighted by molar-refractivity contribution is 7.89. The topological polar surface area (TPSA) is 74.7 Å². The van der Waals surface area contributed by atoms with Crippen molar-refractivity contribution >= 4 is 16.0 Å². The molecule has 0 spiro atoms. The standard InChI is InChI=1S/C16H21NO4S/c1-11-5-6-14(16(18)19)10-17(11)22(20,21)15-8-7-12-3-2-4-13(12)9-15/h7-9,11,14H,2-6,10H2,1H3,(H,18,19). The third-order valence-electron chi connectivity index (χ3n) is 4.85. The van der Waals surface area contributed by atoms with Gasteiger partial charge in [0.25, 0.3) is 0 Å². The molecule has 3 rings (SSSR count).